The SMILES string of the molecule is CCOc1ccc(CC(=O)NCc2cn3cc(C)ccc3n2)cc1. The van der Waals surface area contributed by atoms with Crippen molar-refractivity contribution in [3.05, 3.63) is 65.6 Å². The number of nitrogens with zero attached hydrogens (tertiary/aromatic N) is 2. The first-order valence-corrected chi connectivity index (χ1v) is 8.06. The molecule has 3 aromatic rings. The Kier molecular flexibility index (Phi) is 4.79. The molecule has 0 fully saturated rings. The molecule has 0 atom stereocenters. The number of ether oxygens (including phenoxy) is 1. The maximum Gasteiger partial charge on any atom is 0.224 e. The van der Waals surface area contributed by atoms with E-state index in [-0.39, 0.29) is 5.91 Å². The van der Waals surface area contributed by atoms with Crippen LogP contribution in [0.3, 0.4) is 0 Å². The fourth-order valence-corrected chi connectivity index (χ4v) is 2.55. The van der Waals surface area contributed by atoms with E-state index >= 15 is 0 Å². The Morgan fingerprint density at radius 3 is 2.71 bits per heavy atom. The highest BCUT2D eigenvalue weighted by Gasteiger charge is 2.06. The molecule has 2 heterocycles. The van der Waals surface area contributed by atoms with Crippen molar-refractivity contribution in [1.82, 2.24) is 14.7 Å². The molecule has 0 aliphatic carbocycles. The van der Waals surface area contributed by atoms with Gasteiger partial charge in [-0.2, -0.15) is 0 Å². The van der Waals surface area contributed by atoms with Crippen molar-refractivity contribution in [2.75, 3.05) is 6.61 Å². The number of rotatable bonds is 6. The van der Waals surface area contributed by atoms with E-state index in [1.54, 1.807) is 0 Å². The van der Waals surface area contributed by atoms with Crippen LogP contribution in [0.15, 0.2) is 48.8 Å². The number of hydrogen-bond acceptors (Lipinski definition) is 3. The van der Waals surface area contributed by atoms with Crippen LogP contribution in [0.25, 0.3) is 5.65 Å². The van der Waals surface area contributed by atoms with E-state index in [1.165, 1.54) is 5.56 Å². The lowest BCUT2D eigenvalue weighted by Crippen LogP contribution is -2.24. The van der Waals surface area contributed by atoms with Gasteiger partial charge in [0.1, 0.15) is 11.4 Å². The van der Waals surface area contributed by atoms with E-state index in [2.05, 4.69) is 10.3 Å². The Hall–Kier alpha value is -2.82. The van der Waals surface area contributed by atoms with Crippen LogP contribution in [-0.4, -0.2) is 21.9 Å². The second-order valence-electron chi connectivity index (χ2n) is 5.73. The van der Waals surface area contributed by atoms with Crippen LogP contribution >= 0.6 is 0 Å². The largest absolute Gasteiger partial charge is 0.494 e. The molecule has 1 aromatic carbocycles. The smallest absolute Gasteiger partial charge is 0.224 e. The van der Waals surface area contributed by atoms with Crippen molar-refractivity contribution >= 4 is 11.6 Å². The normalized spacial score (nSPS) is 10.8. The lowest BCUT2D eigenvalue weighted by Gasteiger charge is -2.05. The van der Waals surface area contributed by atoms with Gasteiger partial charge in [-0.05, 0) is 43.2 Å². The number of pyridine rings is 1. The maximum atomic E-state index is 12.1. The summed E-state index contributed by atoms with van der Waals surface area (Å²) in [7, 11) is 0. The van der Waals surface area contributed by atoms with Crippen LogP contribution in [0.5, 0.6) is 5.75 Å². The van der Waals surface area contributed by atoms with Crippen LogP contribution in [0.4, 0.5) is 0 Å². The van der Waals surface area contributed by atoms with Crippen LogP contribution in [0.2, 0.25) is 0 Å². The quantitative estimate of drug-likeness (QED) is 0.759. The van der Waals surface area contributed by atoms with Crippen LogP contribution in [0, 0.1) is 6.92 Å². The molecule has 0 aliphatic rings. The van der Waals surface area contributed by atoms with E-state index in [1.807, 2.05) is 67.0 Å². The zero-order valence-electron chi connectivity index (χ0n) is 14.0. The molecule has 0 radical (unpaired) electrons. The van der Waals surface area contributed by atoms with Crippen molar-refractivity contribution < 1.29 is 9.53 Å². The number of carbonyl (C=O) groups is 1. The van der Waals surface area contributed by atoms with Gasteiger partial charge < -0.3 is 14.5 Å². The summed E-state index contributed by atoms with van der Waals surface area (Å²) in [4.78, 5) is 16.6. The minimum absolute atomic E-state index is 0.0209. The second kappa shape index (κ2) is 7.17. The van der Waals surface area contributed by atoms with Gasteiger partial charge in [0.2, 0.25) is 5.91 Å². The van der Waals surface area contributed by atoms with E-state index in [9.17, 15) is 4.79 Å². The van der Waals surface area contributed by atoms with Gasteiger partial charge in [0, 0.05) is 12.4 Å². The number of fused-ring (bicyclic) bond motifs is 1. The first-order valence-electron chi connectivity index (χ1n) is 8.06. The Morgan fingerprint density at radius 1 is 1.17 bits per heavy atom. The third-order valence-electron chi connectivity index (χ3n) is 3.71. The molecule has 3 rings (SSSR count). The average molecular weight is 323 g/mol. The number of aryl methyl sites for hydroxylation is 1. The Labute approximate surface area is 141 Å². The second-order valence-corrected chi connectivity index (χ2v) is 5.73. The molecule has 0 bridgehead atoms. The van der Waals surface area contributed by atoms with E-state index in [0.29, 0.717) is 19.6 Å². The summed E-state index contributed by atoms with van der Waals surface area (Å²) >= 11 is 0. The Balaban J connectivity index is 1.56. The van der Waals surface area contributed by atoms with Crippen molar-refractivity contribution in [3.8, 4) is 5.75 Å². The third kappa shape index (κ3) is 3.93. The first kappa shape index (κ1) is 16.1. The topological polar surface area (TPSA) is 55.6 Å². The van der Waals surface area contributed by atoms with Crippen molar-refractivity contribution in [2.45, 2.75) is 26.8 Å². The molecular weight excluding hydrogens is 302 g/mol. The van der Waals surface area contributed by atoms with Gasteiger partial charge in [0.05, 0.1) is 25.3 Å². The highest BCUT2D eigenvalue weighted by atomic mass is 16.5. The number of aromatic nitrogens is 2. The number of hydrogen-bond donors (Lipinski definition) is 1. The lowest BCUT2D eigenvalue weighted by atomic mass is 10.1. The summed E-state index contributed by atoms with van der Waals surface area (Å²) in [6.45, 7) is 5.05. The standard InChI is InChI=1S/C19H21N3O2/c1-3-24-17-7-5-15(6-8-17)10-19(23)20-11-16-13-22-12-14(2)4-9-18(22)21-16/h4-9,12-13H,3,10-11H2,1-2H3,(H,20,23). The third-order valence-corrected chi connectivity index (χ3v) is 3.71. The summed E-state index contributed by atoms with van der Waals surface area (Å²) in [6, 6.07) is 11.6. The molecule has 0 saturated carbocycles. The maximum absolute atomic E-state index is 12.1. The molecule has 1 N–H and O–H groups in total. The average Bonchev–Trinajstić information content (AvgIpc) is 2.97. The van der Waals surface area contributed by atoms with Gasteiger partial charge in [-0.1, -0.05) is 18.2 Å². The molecule has 0 aliphatic heterocycles. The summed E-state index contributed by atoms with van der Waals surface area (Å²) in [5.74, 6) is 0.800. The summed E-state index contributed by atoms with van der Waals surface area (Å²) in [5.41, 5.74) is 3.87. The molecule has 5 heteroatoms. The molecule has 0 unspecified atom stereocenters. The fraction of sp³-hybridized carbons (Fsp3) is 0.263. The lowest BCUT2D eigenvalue weighted by molar-refractivity contribution is -0.120. The summed E-state index contributed by atoms with van der Waals surface area (Å²) in [6.07, 6.45) is 4.31. The molecule has 24 heavy (non-hydrogen) atoms. The Morgan fingerprint density at radius 2 is 1.96 bits per heavy atom. The summed E-state index contributed by atoms with van der Waals surface area (Å²) < 4.78 is 7.37. The number of imidazole rings is 1. The zero-order chi connectivity index (χ0) is 16.9. The highest BCUT2D eigenvalue weighted by Crippen LogP contribution is 2.12. The van der Waals surface area contributed by atoms with Crippen LogP contribution in [-0.2, 0) is 17.8 Å². The van der Waals surface area contributed by atoms with E-state index in [4.69, 9.17) is 4.74 Å². The number of benzene rings is 1. The molecule has 0 saturated heterocycles. The number of nitrogens with one attached hydrogen (secondary N) is 1. The molecule has 2 aromatic heterocycles. The molecular formula is C19H21N3O2. The van der Waals surface area contributed by atoms with Gasteiger partial charge >= 0.3 is 0 Å². The summed E-state index contributed by atoms with van der Waals surface area (Å²) in [5, 5.41) is 2.92. The number of carbonyl (C=O) groups excluding carboxylic acids is 1. The zero-order valence-corrected chi connectivity index (χ0v) is 14.0. The fourth-order valence-electron chi connectivity index (χ4n) is 2.55. The van der Waals surface area contributed by atoms with E-state index in [0.717, 1.165) is 22.7 Å². The van der Waals surface area contributed by atoms with Gasteiger partial charge in [0.15, 0.2) is 0 Å². The highest BCUT2D eigenvalue weighted by molar-refractivity contribution is 5.78. The van der Waals surface area contributed by atoms with Crippen molar-refractivity contribution in [3.63, 3.8) is 0 Å². The molecule has 1 amide bonds. The minimum atomic E-state index is -0.0209. The minimum Gasteiger partial charge on any atom is -0.494 e. The molecule has 5 nitrogen and oxygen atoms in total. The van der Waals surface area contributed by atoms with Crippen molar-refractivity contribution in [2.24, 2.45) is 0 Å². The van der Waals surface area contributed by atoms with Gasteiger partial charge in [-0.3, -0.25) is 4.79 Å². The van der Waals surface area contributed by atoms with Gasteiger partial charge in [-0.25, -0.2) is 4.98 Å². The molecule has 124 valence electrons. The Bertz CT molecular complexity index is 837. The van der Waals surface area contributed by atoms with Gasteiger partial charge in [-0.15, -0.1) is 0 Å². The predicted octanol–water partition coefficient (Wildman–Crippen LogP) is 2.90. The van der Waals surface area contributed by atoms with E-state index < -0.39 is 0 Å². The van der Waals surface area contributed by atoms with Crippen molar-refractivity contribution in [1.29, 1.82) is 0 Å². The first-order chi connectivity index (χ1) is 11.6. The predicted molar refractivity (Wildman–Crippen MR) is 93.1 cm³/mol. The van der Waals surface area contributed by atoms with Gasteiger partial charge in [0.25, 0.3) is 0 Å². The molecule has 0 spiro atoms. The van der Waals surface area contributed by atoms with Crippen LogP contribution in [0.1, 0.15) is 23.7 Å². The van der Waals surface area contributed by atoms with Crippen LogP contribution < -0.4 is 10.1 Å². The monoisotopic (exact) mass is 323 g/mol. The number of amides is 1.